The molecule has 7 heteroatoms. The molecule has 2 aromatic carbocycles. The van der Waals surface area contributed by atoms with Crippen LogP contribution < -0.4 is 5.32 Å². The lowest BCUT2D eigenvalue weighted by Crippen LogP contribution is -2.34. The van der Waals surface area contributed by atoms with E-state index in [-0.39, 0.29) is 11.9 Å². The molecule has 1 amide bonds. The van der Waals surface area contributed by atoms with Gasteiger partial charge in [0.05, 0.1) is 11.4 Å². The second-order valence-electron chi connectivity index (χ2n) is 6.16. The maximum atomic E-state index is 12.2. The topological polar surface area (TPSA) is 46.9 Å². The molecule has 3 aromatic rings. The molecule has 0 saturated heterocycles. The van der Waals surface area contributed by atoms with E-state index in [0.717, 1.165) is 22.9 Å². The predicted molar refractivity (Wildman–Crippen MR) is 115 cm³/mol. The molecule has 0 saturated carbocycles. The van der Waals surface area contributed by atoms with E-state index < -0.39 is 0 Å². The van der Waals surface area contributed by atoms with Crippen molar-refractivity contribution in [2.75, 3.05) is 5.75 Å². The number of aryl methyl sites for hydroxylation is 1. The van der Waals surface area contributed by atoms with Gasteiger partial charge < -0.3 is 5.32 Å². The lowest BCUT2D eigenvalue weighted by Gasteiger charge is -2.13. The SMILES string of the molecule is C[C@H](CCc1ccccc1)NC(=O)CSc1nn(-c2ccccc2)c(=S)s1. The molecule has 1 heterocycles. The molecule has 0 spiro atoms. The van der Waals surface area contributed by atoms with Gasteiger partial charge in [-0.15, -0.1) is 5.10 Å². The summed E-state index contributed by atoms with van der Waals surface area (Å²) < 4.78 is 3.22. The number of carbonyl (C=O) groups excluding carboxylic acids is 1. The summed E-state index contributed by atoms with van der Waals surface area (Å²) in [7, 11) is 0. The van der Waals surface area contributed by atoms with Crippen LogP contribution in [-0.4, -0.2) is 27.5 Å². The highest BCUT2D eigenvalue weighted by atomic mass is 32.2. The van der Waals surface area contributed by atoms with Crippen molar-refractivity contribution in [3.63, 3.8) is 0 Å². The Bertz CT molecular complexity index is 922. The van der Waals surface area contributed by atoms with E-state index in [2.05, 4.69) is 22.5 Å². The molecule has 1 aromatic heterocycles. The minimum absolute atomic E-state index is 0.0212. The Morgan fingerprint density at radius 2 is 1.85 bits per heavy atom. The smallest absolute Gasteiger partial charge is 0.230 e. The molecular weight excluding hydrogens is 394 g/mol. The van der Waals surface area contributed by atoms with Crippen LogP contribution in [0, 0.1) is 3.95 Å². The van der Waals surface area contributed by atoms with Crippen molar-refractivity contribution in [2.24, 2.45) is 0 Å². The fraction of sp³-hybridized carbons (Fsp3) is 0.250. The molecule has 0 aliphatic heterocycles. The molecule has 0 radical (unpaired) electrons. The van der Waals surface area contributed by atoms with Crippen molar-refractivity contribution in [3.8, 4) is 5.69 Å². The molecule has 1 N–H and O–H groups in total. The third-order valence-corrected chi connectivity index (χ3v) is 6.34. The Balaban J connectivity index is 1.47. The van der Waals surface area contributed by atoms with Gasteiger partial charge in [0.1, 0.15) is 0 Å². The van der Waals surface area contributed by atoms with Gasteiger partial charge >= 0.3 is 0 Å². The van der Waals surface area contributed by atoms with Gasteiger partial charge in [0.15, 0.2) is 8.29 Å². The monoisotopic (exact) mass is 415 g/mol. The molecule has 3 rings (SSSR count). The predicted octanol–water partition coefficient (Wildman–Crippen LogP) is 4.89. The van der Waals surface area contributed by atoms with Crippen LogP contribution in [0.15, 0.2) is 65.0 Å². The first-order valence-electron chi connectivity index (χ1n) is 8.73. The maximum absolute atomic E-state index is 12.2. The fourth-order valence-corrected chi connectivity index (χ4v) is 4.77. The lowest BCUT2D eigenvalue weighted by molar-refractivity contribution is -0.119. The number of carbonyl (C=O) groups is 1. The van der Waals surface area contributed by atoms with Gasteiger partial charge in [0.2, 0.25) is 5.91 Å². The van der Waals surface area contributed by atoms with Crippen LogP contribution in [0.4, 0.5) is 0 Å². The first kappa shape index (κ1) is 19.8. The van der Waals surface area contributed by atoms with Crippen molar-refractivity contribution in [3.05, 3.63) is 70.2 Å². The zero-order chi connectivity index (χ0) is 19.1. The van der Waals surface area contributed by atoms with E-state index in [1.165, 1.54) is 28.7 Å². The van der Waals surface area contributed by atoms with E-state index >= 15 is 0 Å². The zero-order valence-electron chi connectivity index (χ0n) is 15.0. The van der Waals surface area contributed by atoms with Crippen molar-refractivity contribution in [1.29, 1.82) is 0 Å². The van der Waals surface area contributed by atoms with Gasteiger partial charge in [0, 0.05) is 6.04 Å². The summed E-state index contributed by atoms with van der Waals surface area (Å²) in [5.41, 5.74) is 2.23. The standard InChI is InChI=1S/C20H21N3OS3/c1-15(12-13-16-8-4-2-5-9-16)21-18(24)14-26-19-22-23(20(25)27-19)17-10-6-3-7-11-17/h2-11,15H,12-14H2,1H3,(H,21,24)/t15-/m1/s1. The minimum Gasteiger partial charge on any atom is -0.353 e. The molecule has 4 nitrogen and oxygen atoms in total. The Morgan fingerprint density at radius 3 is 2.56 bits per heavy atom. The molecule has 0 aliphatic rings. The van der Waals surface area contributed by atoms with Crippen molar-refractivity contribution >= 4 is 41.2 Å². The third-order valence-electron chi connectivity index (χ3n) is 3.97. The van der Waals surface area contributed by atoms with E-state index in [9.17, 15) is 4.79 Å². The Morgan fingerprint density at radius 1 is 1.19 bits per heavy atom. The number of hydrogen-bond acceptors (Lipinski definition) is 5. The summed E-state index contributed by atoms with van der Waals surface area (Å²) in [4.78, 5) is 12.2. The van der Waals surface area contributed by atoms with Crippen LogP contribution in [0.1, 0.15) is 18.9 Å². The van der Waals surface area contributed by atoms with Gasteiger partial charge in [-0.3, -0.25) is 4.79 Å². The highest BCUT2D eigenvalue weighted by Gasteiger charge is 2.11. The summed E-state index contributed by atoms with van der Waals surface area (Å²) in [6.07, 6.45) is 1.88. The van der Waals surface area contributed by atoms with Crippen LogP contribution in [0.5, 0.6) is 0 Å². The van der Waals surface area contributed by atoms with Crippen LogP contribution in [-0.2, 0) is 11.2 Å². The van der Waals surface area contributed by atoms with E-state index in [1.54, 1.807) is 4.68 Å². The normalized spacial score (nSPS) is 11.9. The van der Waals surface area contributed by atoms with E-state index in [4.69, 9.17) is 12.2 Å². The second-order valence-corrected chi connectivity index (χ2v) is 9.01. The summed E-state index contributed by atoms with van der Waals surface area (Å²) in [6.45, 7) is 2.04. The Labute approximate surface area is 172 Å². The number of aromatic nitrogens is 2. The summed E-state index contributed by atoms with van der Waals surface area (Å²) >= 11 is 8.24. The first-order chi connectivity index (χ1) is 13.1. The largest absolute Gasteiger partial charge is 0.353 e. The molecule has 1 atom stereocenters. The summed E-state index contributed by atoms with van der Waals surface area (Å²) in [5, 5.41) is 7.58. The zero-order valence-corrected chi connectivity index (χ0v) is 17.4. The summed E-state index contributed by atoms with van der Waals surface area (Å²) in [5.74, 6) is 0.361. The quantitative estimate of drug-likeness (QED) is 0.420. The third kappa shape index (κ3) is 6.02. The van der Waals surface area contributed by atoms with Crippen LogP contribution in [0.25, 0.3) is 5.69 Å². The molecule has 0 aliphatic carbocycles. The van der Waals surface area contributed by atoms with Crippen molar-refractivity contribution in [1.82, 2.24) is 15.1 Å². The molecule has 0 unspecified atom stereocenters. The fourth-order valence-electron chi connectivity index (χ4n) is 2.60. The van der Waals surface area contributed by atoms with Gasteiger partial charge in [-0.25, -0.2) is 4.68 Å². The minimum atomic E-state index is 0.0212. The number of rotatable bonds is 8. The van der Waals surface area contributed by atoms with E-state index in [0.29, 0.717) is 9.71 Å². The number of amides is 1. The van der Waals surface area contributed by atoms with Crippen molar-refractivity contribution in [2.45, 2.75) is 30.1 Å². The Kier molecular flexibility index (Phi) is 7.20. The van der Waals surface area contributed by atoms with E-state index in [1.807, 2.05) is 55.5 Å². The van der Waals surface area contributed by atoms with Gasteiger partial charge in [0.25, 0.3) is 0 Å². The lowest BCUT2D eigenvalue weighted by atomic mass is 10.1. The highest BCUT2D eigenvalue weighted by Crippen LogP contribution is 2.23. The first-order valence-corrected chi connectivity index (χ1v) is 10.9. The Hall–Kier alpha value is -1.96. The number of thioether (sulfide) groups is 1. The van der Waals surface area contributed by atoms with Crippen LogP contribution in [0.2, 0.25) is 0 Å². The molecule has 140 valence electrons. The second kappa shape index (κ2) is 9.82. The average Bonchev–Trinajstić information content (AvgIpc) is 3.07. The molecule has 27 heavy (non-hydrogen) atoms. The van der Waals surface area contributed by atoms with Gasteiger partial charge in [-0.05, 0) is 49.7 Å². The number of nitrogens with one attached hydrogen (secondary N) is 1. The van der Waals surface area contributed by atoms with Gasteiger partial charge in [-0.1, -0.05) is 71.6 Å². The number of nitrogens with zero attached hydrogens (tertiary/aromatic N) is 2. The molecule has 0 fully saturated rings. The molecule has 0 bridgehead atoms. The maximum Gasteiger partial charge on any atom is 0.230 e. The number of benzene rings is 2. The summed E-state index contributed by atoms with van der Waals surface area (Å²) in [6, 6.07) is 20.2. The number of hydrogen-bond donors (Lipinski definition) is 1. The molecular formula is C20H21N3OS3. The van der Waals surface area contributed by atoms with Crippen molar-refractivity contribution < 1.29 is 4.79 Å². The number of para-hydroxylation sites is 1. The highest BCUT2D eigenvalue weighted by molar-refractivity contribution is 8.01. The van der Waals surface area contributed by atoms with Crippen LogP contribution in [0.3, 0.4) is 0 Å². The average molecular weight is 416 g/mol. The van der Waals surface area contributed by atoms with Crippen LogP contribution >= 0.6 is 35.3 Å². The van der Waals surface area contributed by atoms with Gasteiger partial charge in [-0.2, -0.15) is 0 Å².